The van der Waals surface area contributed by atoms with E-state index in [4.69, 9.17) is 0 Å². The summed E-state index contributed by atoms with van der Waals surface area (Å²) in [6, 6.07) is 0. The minimum Gasteiger partial charge on any atom is -0.295 e. The highest BCUT2D eigenvalue weighted by atomic mass is 15.4. The molecule has 1 saturated heterocycles. The number of rotatable bonds is 8. The van der Waals surface area contributed by atoms with Gasteiger partial charge in [0.05, 0.1) is 17.1 Å². The van der Waals surface area contributed by atoms with Gasteiger partial charge in [-0.3, -0.25) is 28.7 Å². The number of aryl methyl sites for hydroxylation is 3. The van der Waals surface area contributed by atoms with E-state index in [1.807, 2.05) is 35.0 Å². The molecule has 0 spiro atoms. The Morgan fingerprint density at radius 1 is 0.594 bits per heavy atom. The Kier molecular flexibility index (Phi) is 7.55. The zero-order chi connectivity index (χ0) is 22.3. The molecule has 0 amide bonds. The summed E-state index contributed by atoms with van der Waals surface area (Å²) in [6.45, 7) is 14.1. The van der Waals surface area contributed by atoms with E-state index >= 15 is 0 Å². The summed E-state index contributed by atoms with van der Waals surface area (Å²) in [6.07, 6.45) is 6.09. The largest absolute Gasteiger partial charge is 0.295 e. The second-order valence-corrected chi connectivity index (χ2v) is 8.34. The highest BCUT2D eigenvalue weighted by molar-refractivity contribution is 4.95. The van der Waals surface area contributed by atoms with Gasteiger partial charge in [-0.15, -0.1) is 15.3 Å². The number of aromatic nitrogens is 9. The van der Waals surface area contributed by atoms with Gasteiger partial charge in [0.15, 0.2) is 0 Å². The average molecular weight is 443 g/mol. The first-order valence-electron chi connectivity index (χ1n) is 11.4. The maximum atomic E-state index is 4.35. The van der Waals surface area contributed by atoms with Crippen LogP contribution < -0.4 is 0 Å². The predicted molar refractivity (Wildman–Crippen MR) is 118 cm³/mol. The van der Waals surface area contributed by atoms with Gasteiger partial charge in [-0.05, 0) is 13.8 Å². The van der Waals surface area contributed by atoms with Crippen LogP contribution in [0.5, 0.6) is 0 Å². The fourth-order valence-corrected chi connectivity index (χ4v) is 3.94. The smallest absolute Gasteiger partial charge is 0.0967 e. The number of nitrogens with zero attached hydrogens (tertiary/aromatic N) is 12. The Morgan fingerprint density at radius 2 is 0.969 bits per heavy atom. The summed E-state index contributed by atoms with van der Waals surface area (Å²) in [7, 11) is 1.91. The first kappa shape index (κ1) is 22.5. The maximum Gasteiger partial charge on any atom is 0.0967 e. The summed E-state index contributed by atoms with van der Waals surface area (Å²) in [5.74, 6) is 0. The molecule has 0 aliphatic carbocycles. The molecule has 0 bridgehead atoms. The third-order valence-electron chi connectivity index (χ3n) is 5.82. The van der Waals surface area contributed by atoms with E-state index in [0.29, 0.717) is 0 Å². The van der Waals surface area contributed by atoms with Crippen LogP contribution >= 0.6 is 0 Å². The van der Waals surface area contributed by atoms with Crippen molar-refractivity contribution in [3.05, 3.63) is 35.7 Å². The van der Waals surface area contributed by atoms with E-state index < -0.39 is 0 Å². The zero-order valence-electron chi connectivity index (χ0n) is 19.4. The number of hydrogen-bond acceptors (Lipinski definition) is 9. The molecule has 12 nitrogen and oxygen atoms in total. The van der Waals surface area contributed by atoms with Crippen LogP contribution in [0.3, 0.4) is 0 Å². The molecular formula is C20H34N12. The first-order valence-corrected chi connectivity index (χ1v) is 11.4. The lowest BCUT2D eigenvalue weighted by atomic mass is 10.3. The zero-order valence-corrected chi connectivity index (χ0v) is 19.4. The SMILES string of the molecule is CCn1cc(CN2CCN(Cc3cn(C)nn3)CCN(Cc3cn(CC)nn3)CC2)nn1. The summed E-state index contributed by atoms with van der Waals surface area (Å²) in [5.41, 5.74) is 3.04. The van der Waals surface area contributed by atoms with Crippen LogP contribution in [-0.4, -0.2) is 98.9 Å². The molecule has 0 N–H and O–H groups in total. The second kappa shape index (κ2) is 10.7. The van der Waals surface area contributed by atoms with E-state index in [1.54, 1.807) is 4.68 Å². The summed E-state index contributed by atoms with van der Waals surface area (Å²) in [4.78, 5) is 7.39. The van der Waals surface area contributed by atoms with Crippen molar-refractivity contribution in [3.8, 4) is 0 Å². The van der Waals surface area contributed by atoms with Gasteiger partial charge in [0.1, 0.15) is 0 Å². The third kappa shape index (κ3) is 6.17. The van der Waals surface area contributed by atoms with Gasteiger partial charge in [0.25, 0.3) is 0 Å². The summed E-state index contributed by atoms with van der Waals surface area (Å²) >= 11 is 0. The Hall–Kier alpha value is -2.70. The van der Waals surface area contributed by atoms with Crippen molar-refractivity contribution >= 4 is 0 Å². The minimum atomic E-state index is 0.799. The fourth-order valence-electron chi connectivity index (χ4n) is 3.94. The van der Waals surface area contributed by atoms with Gasteiger partial charge in [-0.2, -0.15) is 0 Å². The molecule has 32 heavy (non-hydrogen) atoms. The van der Waals surface area contributed by atoms with Gasteiger partial charge in [-0.1, -0.05) is 15.6 Å². The first-order chi connectivity index (χ1) is 15.6. The second-order valence-electron chi connectivity index (χ2n) is 8.34. The monoisotopic (exact) mass is 442 g/mol. The average Bonchev–Trinajstić information content (AvgIpc) is 3.54. The van der Waals surface area contributed by atoms with E-state index in [1.165, 1.54) is 0 Å². The molecule has 0 unspecified atom stereocenters. The lowest BCUT2D eigenvalue weighted by Crippen LogP contribution is -2.35. The lowest BCUT2D eigenvalue weighted by molar-refractivity contribution is 0.206. The molecule has 4 heterocycles. The highest BCUT2D eigenvalue weighted by Gasteiger charge is 2.19. The Bertz CT molecular complexity index is 903. The van der Waals surface area contributed by atoms with Crippen molar-refractivity contribution in [1.82, 2.24) is 59.7 Å². The van der Waals surface area contributed by atoms with Gasteiger partial charge in [0, 0.05) is 97.6 Å². The molecule has 1 aliphatic heterocycles. The molecule has 3 aromatic heterocycles. The molecule has 12 heteroatoms. The molecule has 1 fully saturated rings. The molecule has 0 radical (unpaired) electrons. The number of hydrogen-bond donors (Lipinski definition) is 0. The van der Waals surface area contributed by atoms with Crippen molar-refractivity contribution in [2.45, 2.75) is 46.6 Å². The highest BCUT2D eigenvalue weighted by Crippen LogP contribution is 2.09. The van der Waals surface area contributed by atoms with Crippen LogP contribution in [0.1, 0.15) is 30.9 Å². The fraction of sp³-hybridized carbons (Fsp3) is 0.700. The van der Waals surface area contributed by atoms with Crippen molar-refractivity contribution < 1.29 is 0 Å². The van der Waals surface area contributed by atoms with Crippen molar-refractivity contribution in [3.63, 3.8) is 0 Å². The van der Waals surface area contributed by atoms with Crippen LogP contribution in [0.25, 0.3) is 0 Å². The van der Waals surface area contributed by atoms with E-state index in [2.05, 4.69) is 59.5 Å². The quantitative estimate of drug-likeness (QED) is 0.471. The minimum absolute atomic E-state index is 0.799. The van der Waals surface area contributed by atoms with Crippen molar-refractivity contribution in [2.24, 2.45) is 7.05 Å². The Morgan fingerprint density at radius 3 is 1.28 bits per heavy atom. The molecule has 0 saturated carbocycles. The topological polar surface area (TPSA) is 102 Å². The van der Waals surface area contributed by atoms with Crippen LogP contribution in [0, 0.1) is 0 Å². The van der Waals surface area contributed by atoms with Crippen LogP contribution in [0.15, 0.2) is 18.6 Å². The van der Waals surface area contributed by atoms with Crippen molar-refractivity contribution in [2.75, 3.05) is 39.3 Å². The van der Waals surface area contributed by atoms with Crippen LogP contribution in [-0.2, 0) is 39.8 Å². The van der Waals surface area contributed by atoms with E-state index in [9.17, 15) is 0 Å². The van der Waals surface area contributed by atoms with Gasteiger partial charge in [0.2, 0.25) is 0 Å². The molecular weight excluding hydrogens is 408 g/mol. The van der Waals surface area contributed by atoms with Crippen LogP contribution in [0.4, 0.5) is 0 Å². The van der Waals surface area contributed by atoms with Crippen LogP contribution in [0.2, 0.25) is 0 Å². The Labute approximate surface area is 188 Å². The van der Waals surface area contributed by atoms with Gasteiger partial charge >= 0.3 is 0 Å². The molecule has 0 atom stereocenters. The normalized spacial score (nSPS) is 17.3. The van der Waals surface area contributed by atoms with E-state index in [-0.39, 0.29) is 0 Å². The molecule has 0 aromatic carbocycles. The summed E-state index contributed by atoms with van der Waals surface area (Å²) in [5, 5.41) is 25.5. The summed E-state index contributed by atoms with van der Waals surface area (Å²) < 4.78 is 5.53. The van der Waals surface area contributed by atoms with Crippen molar-refractivity contribution in [1.29, 1.82) is 0 Å². The Balaban J connectivity index is 1.44. The lowest BCUT2D eigenvalue weighted by Gasteiger charge is -2.24. The molecule has 1 aliphatic rings. The standard InChI is InChI=1S/C20H34N12/c1-4-31-16-19(22-25-31)14-29-8-6-28(13-18-12-27(3)24-21-18)7-9-30(11-10-29)15-20-17-32(5-2)26-23-20/h12,16-17H,4-11,13-15H2,1-3H3. The third-order valence-corrected chi connectivity index (χ3v) is 5.82. The molecule has 4 rings (SSSR count). The maximum absolute atomic E-state index is 4.35. The molecule has 174 valence electrons. The predicted octanol–water partition coefficient (Wildman–Crippen LogP) is -0.142. The van der Waals surface area contributed by atoms with Gasteiger partial charge < -0.3 is 0 Å². The molecule has 3 aromatic rings. The van der Waals surface area contributed by atoms with E-state index in [0.717, 1.165) is 89.1 Å². The van der Waals surface area contributed by atoms with Gasteiger partial charge in [-0.25, -0.2) is 0 Å².